The zero-order valence-corrected chi connectivity index (χ0v) is 13.7. The Hall–Kier alpha value is -1.13. The van der Waals surface area contributed by atoms with Gasteiger partial charge in [-0.15, -0.1) is 0 Å². The van der Waals surface area contributed by atoms with Crippen LogP contribution in [0.4, 0.5) is 0 Å². The van der Waals surface area contributed by atoms with Crippen LogP contribution in [-0.4, -0.2) is 15.8 Å². The van der Waals surface area contributed by atoms with E-state index in [1.54, 1.807) is 0 Å². The molecule has 0 spiro atoms. The number of hydrogen-bond acceptors (Lipinski definition) is 2. The third-order valence-corrected chi connectivity index (χ3v) is 4.06. The van der Waals surface area contributed by atoms with Gasteiger partial charge in [-0.1, -0.05) is 35.0 Å². The van der Waals surface area contributed by atoms with Crippen molar-refractivity contribution in [3.05, 3.63) is 52.3 Å². The Bertz CT molecular complexity index is 550. The minimum Gasteiger partial charge on any atom is -0.327 e. The van der Waals surface area contributed by atoms with Crippen LogP contribution < -0.4 is 5.73 Å². The summed E-state index contributed by atoms with van der Waals surface area (Å²) < 4.78 is 3.13. The molecule has 1 heterocycles. The van der Waals surface area contributed by atoms with Crippen molar-refractivity contribution in [1.82, 2.24) is 9.78 Å². The Kier molecular flexibility index (Phi) is 5.38. The van der Waals surface area contributed by atoms with Gasteiger partial charge in [0.05, 0.1) is 5.69 Å². The monoisotopic (exact) mass is 335 g/mol. The molecule has 0 aliphatic rings. The van der Waals surface area contributed by atoms with Crippen molar-refractivity contribution >= 4 is 15.9 Å². The van der Waals surface area contributed by atoms with Crippen LogP contribution in [0.2, 0.25) is 0 Å². The van der Waals surface area contributed by atoms with Crippen molar-refractivity contribution < 1.29 is 0 Å². The quantitative estimate of drug-likeness (QED) is 0.873. The zero-order valence-electron chi connectivity index (χ0n) is 12.1. The molecule has 0 fully saturated rings. The van der Waals surface area contributed by atoms with Crippen LogP contribution in [0.5, 0.6) is 0 Å². The highest BCUT2D eigenvalue weighted by Crippen LogP contribution is 2.14. The smallest absolute Gasteiger partial charge is 0.0640 e. The standard InChI is InChI=1S/C16H22BrN3/c1-3-12(2)20-8-7-16(19-20)11-15(18)10-13-5-4-6-14(17)9-13/h4-9,12,15H,3,10-11,18H2,1-2H3. The number of benzene rings is 1. The lowest BCUT2D eigenvalue weighted by molar-refractivity contribution is 0.471. The van der Waals surface area contributed by atoms with Crippen molar-refractivity contribution in [2.24, 2.45) is 5.73 Å². The van der Waals surface area contributed by atoms with E-state index in [0.717, 1.165) is 29.4 Å². The van der Waals surface area contributed by atoms with Crippen LogP contribution >= 0.6 is 15.9 Å². The Morgan fingerprint density at radius 2 is 2.10 bits per heavy atom. The van der Waals surface area contributed by atoms with E-state index in [9.17, 15) is 0 Å². The summed E-state index contributed by atoms with van der Waals surface area (Å²) in [6.45, 7) is 4.35. The van der Waals surface area contributed by atoms with E-state index in [2.05, 4.69) is 59.3 Å². The van der Waals surface area contributed by atoms with Gasteiger partial charge >= 0.3 is 0 Å². The molecule has 2 unspecified atom stereocenters. The predicted octanol–water partition coefficient (Wildman–Crippen LogP) is 3.73. The highest BCUT2D eigenvalue weighted by Gasteiger charge is 2.10. The maximum Gasteiger partial charge on any atom is 0.0640 e. The van der Waals surface area contributed by atoms with Gasteiger partial charge in [-0.25, -0.2) is 0 Å². The first-order valence-electron chi connectivity index (χ1n) is 7.12. The molecule has 0 bridgehead atoms. The second kappa shape index (κ2) is 7.04. The molecule has 2 N–H and O–H groups in total. The summed E-state index contributed by atoms with van der Waals surface area (Å²) in [5, 5.41) is 4.61. The summed E-state index contributed by atoms with van der Waals surface area (Å²) in [6.07, 6.45) is 4.83. The minimum atomic E-state index is 0.101. The number of hydrogen-bond donors (Lipinski definition) is 1. The van der Waals surface area contributed by atoms with Gasteiger partial charge < -0.3 is 5.73 Å². The second-order valence-corrected chi connectivity index (χ2v) is 6.26. The SMILES string of the molecule is CCC(C)n1ccc(CC(N)Cc2cccc(Br)c2)n1. The Labute approximate surface area is 129 Å². The number of nitrogens with two attached hydrogens (primary N) is 1. The largest absolute Gasteiger partial charge is 0.327 e. The maximum absolute atomic E-state index is 6.24. The number of rotatable bonds is 6. The van der Waals surface area contributed by atoms with Gasteiger partial charge in [-0.2, -0.15) is 5.10 Å². The maximum atomic E-state index is 6.24. The summed E-state index contributed by atoms with van der Waals surface area (Å²) in [5.74, 6) is 0. The van der Waals surface area contributed by atoms with Crippen LogP contribution in [0, 0.1) is 0 Å². The lowest BCUT2D eigenvalue weighted by Crippen LogP contribution is -2.25. The Morgan fingerprint density at radius 3 is 2.80 bits per heavy atom. The third kappa shape index (κ3) is 4.18. The summed E-state index contributed by atoms with van der Waals surface area (Å²) in [4.78, 5) is 0. The van der Waals surface area contributed by atoms with E-state index in [4.69, 9.17) is 5.73 Å². The summed E-state index contributed by atoms with van der Waals surface area (Å²) in [6, 6.07) is 10.9. The first-order chi connectivity index (χ1) is 9.58. The molecule has 2 rings (SSSR count). The first-order valence-corrected chi connectivity index (χ1v) is 7.92. The van der Waals surface area contributed by atoms with E-state index >= 15 is 0 Å². The van der Waals surface area contributed by atoms with Crippen LogP contribution in [0.1, 0.15) is 37.6 Å². The summed E-state index contributed by atoms with van der Waals surface area (Å²) >= 11 is 3.49. The van der Waals surface area contributed by atoms with Gasteiger partial charge in [0.15, 0.2) is 0 Å². The highest BCUT2D eigenvalue weighted by atomic mass is 79.9. The van der Waals surface area contributed by atoms with Crippen LogP contribution in [-0.2, 0) is 12.8 Å². The van der Waals surface area contributed by atoms with Crippen molar-refractivity contribution in [2.45, 2.75) is 45.2 Å². The van der Waals surface area contributed by atoms with Crippen LogP contribution in [0.25, 0.3) is 0 Å². The molecule has 108 valence electrons. The Morgan fingerprint density at radius 1 is 1.30 bits per heavy atom. The Balaban J connectivity index is 1.94. The molecule has 0 aliphatic heterocycles. The fraction of sp³-hybridized carbons (Fsp3) is 0.438. The third-order valence-electron chi connectivity index (χ3n) is 3.56. The normalized spacial score (nSPS) is 14.2. The van der Waals surface area contributed by atoms with Gasteiger partial charge in [0, 0.05) is 29.2 Å². The molecule has 2 atom stereocenters. The molecule has 1 aromatic heterocycles. The van der Waals surface area contributed by atoms with Crippen molar-refractivity contribution in [1.29, 1.82) is 0 Å². The molecular formula is C16H22BrN3. The van der Waals surface area contributed by atoms with E-state index in [0.29, 0.717) is 6.04 Å². The minimum absolute atomic E-state index is 0.101. The van der Waals surface area contributed by atoms with Crippen molar-refractivity contribution in [2.75, 3.05) is 0 Å². The molecule has 3 nitrogen and oxygen atoms in total. The molecule has 4 heteroatoms. The average Bonchev–Trinajstić information content (AvgIpc) is 2.86. The summed E-state index contributed by atoms with van der Waals surface area (Å²) in [7, 11) is 0. The summed E-state index contributed by atoms with van der Waals surface area (Å²) in [5.41, 5.74) is 8.58. The van der Waals surface area contributed by atoms with Gasteiger partial charge in [0.2, 0.25) is 0 Å². The molecule has 0 amide bonds. The van der Waals surface area contributed by atoms with Gasteiger partial charge in [0.25, 0.3) is 0 Å². The molecular weight excluding hydrogens is 314 g/mol. The lowest BCUT2D eigenvalue weighted by Gasteiger charge is -2.11. The molecule has 1 aromatic carbocycles. The lowest BCUT2D eigenvalue weighted by atomic mass is 10.0. The topological polar surface area (TPSA) is 43.8 Å². The molecule has 0 aliphatic carbocycles. The molecule has 2 aromatic rings. The first kappa shape index (κ1) is 15.3. The van der Waals surface area contributed by atoms with Crippen molar-refractivity contribution in [3.63, 3.8) is 0 Å². The van der Waals surface area contributed by atoms with E-state index in [1.807, 2.05) is 16.8 Å². The van der Waals surface area contributed by atoms with Crippen LogP contribution in [0.3, 0.4) is 0 Å². The van der Waals surface area contributed by atoms with Crippen molar-refractivity contribution in [3.8, 4) is 0 Å². The molecule has 0 saturated heterocycles. The molecule has 0 radical (unpaired) electrons. The van der Waals surface area contributed by atoms with Gasteiger partial charge in [0.1, 0.15) is 0 Å². The molecule has 20 heavy (non-hydrogen) atoms. The molecule has 0 saturated carbocycles. The highest BCUT2D eigenvalue weighted by molar-refractivity contribution is 9.10. The fourth-order valence-electron chi connectivity index (χ4n) is 2.23. The number of halogens is 1. The second-order valence-electron chi connectivity index (χ2n) is 5.34. The number of aromatic nitrogens is 2. The van der Waals surface area contributed by atoms with Crippen LogP contribution in [0.15, 0.2) is 41.0 Å². The van der Waals surface area contributed by atoms with Gasteiger partial charge in [-0.3, -0.25) is 4.68 Å². The van der Waals surface area contributed by atoms with E-state index in [1.165, 1.54) is 5.56 Å². The van der Waals surface area contributed by atoms with E-state index < -0.39 is 0 Å². The fourth-order valence-corrected chi connectivity index (χ4v) is 2.67. The van der Waals surface area contributed by atoms with E-state index in [-0.39, 0.29) is 6.04 Å². The predicted molar refractivity (Wildman–Crippen MR) is 86.8 cm³/mol. The van der Waals surface area contributed by atoms with Gasteiger partial charge in [-0.05, 0) is 43.5 Å². The number of nitrogens with zero attached hydrogens (tertiary/aromatic N) is 2. The zero-order chi connectivity index (χ0) is 14.5. The average molecular weight is 336 g/mol.